The van der Waals surface area contributed by atoms with E-state index < -0.39 is 0 Å². The average molecular weight is 539 g/mol. The Morgan fingerprint density at radius 3 is 2.48 bits per heavy atom. The summed E-state index contributed by atoms with van der Waals surface area (Å²) in [6.45, 7) is 9.77. The summed E-state index contributed by atoms with van der Waals surface area (Å²) in [7, 11) is 1.61. The second kappa shape index (κ2) is 11.9. The highest BCUT2D eigenvalue weighted by Crippen LogP contribution is 2.32. The molecule has 0 bridgehead atoms. The number of hydrogen-bond donors (Lipinski definition) is 1. The summed E-state index contributed by atoms with van der Waals surface area (Å²) in [4.78, 5) is 17.5. The van der Waals surface area contributed by atoms with Crippen molar-refractivity contribution in [3.05, 3.63) is 108 Å². The first-order valence-corrected chi connectivity index (χ1v) is 13.2. The van der Waals surface area contributed by atoms with Gasteiger partial charge in [-0.15, -0.1) is 0 Å². The molecule has 0 amide bonds. The summed E-state index contributed by atoms with van der Waals surface area (Å²) in [5.74, 6) is 2.04. The Morgan fingerprint density at radius 2 is 1.80 bits per heavy atom. The Bertz CT molecular complexity index is 1490. The number of ketones is 1. The van der Waals surface area contributed by atoms with Crippen LogP contribution in [0, 0.1) is 6.92 Å². The van der Waals surface area contributed by atoms with Gasteiger partial charge in [-0.3, -0.25) is 4.79 Å². The number of carbonyl (C=O) groups is 1. The predicted octanol–water partition coefficient (Wildman–Crippen LogP) is 5.58. The van der Waals surface area contributed by atoms with Gasteiger partial charge in [-0.1, -0.05) is 36.4 Å². The normalized spacial score (nSPS) is 13.9. The zero-order valence-electron chi connectivity index (χ0n) is 23.1. The van der Waals surface area contributed by atoms with E-state index in [1.165, 1.54) is 5.56 Å². The number of aromatic nitrogens is 3. The molecule has 0 spiro atoms. The molecule has 1 aliphatic rings. The number of nitrogens with one attached hydrogen (secondary N) is 1. The van der Waals surface area contributed by atoms with Crippen LogP contribution in [0.1, 0.15) is 29.4 Å². The Balaban J connectivity index is 1.24. The standard InChI is InChI=1S/C32H34N4O4/c1-22-5-9-25(10-6-22)36-26(17-30(35-36)32(3)20-39-21-32)16-27(37)15-24-7-11-28(12-8-24)40-29-13-14-33-31(18-29)34-23(2)19-38-4/h5-14,17-18H,2,15-16,19-21H2,1,3-4H3,(H,33,34). The summed E-state index contributed by atoms with van der Waals surface area (Å²) in [5, 5.41) is 7.99. The lowest BCUT2D eigenvalue weighted by molar-refractivity contribution is -0.117. The summed E-state index contributed by atoms with van der Waals surface area (Å²) in [6.07, 6.45) is 2.27. The topological polar surface area (TPSA) is 87.5 Å². The quantitative estimate of drug-likeness (QED) is 0.252. The van der Waals surface area contributed by atoms with E-state index >= 15 is 0 Å². The SMILES string of the molecule is C=C(COC)Nc1cc(Oc2ccc(CC(=O)Cc3cc(C4(C)COC4)nn3-c3ccc(C)cc3)cc2)ccn1. The number of pyridine rings is 1. The summed E-state index contributed by atoms with van der Waals surface area (Å²) in [5.41, 5.74) is 5.47. The molecule has 1 aliphatic heterocycles. The van der Waals surface area contributed by atoms with E-state index in [4.69, 9.17) is 19.3 Å². The van der Waals surface area contributed by atoms with Gasteiger partial charge >= 0.3 is 0 Å². The van der Waals surface area contributed by atoms with Crippen molar-refractivity contribution in [2.75, 3.05) is 32.2 Å². The number of methoxy groups -OCH3 is 1. The molecule has 1 saturated heterocycles. The van der Waals surface area contributed by atoms with Crippen LogP contribution in [0.2, 0.25) is 0 Å². The average Bonchev–Trinajstić information content (AvgIpc) is 3.33. The number of ether oxygens (including phenoxy) is 3. The fourth-order valence-electron chi connectivity index (χ4n) is 4.54. The Hall–Kier alpha value is -4.27. The monoisotopic (exact) mass is 538 g/mol. The van der Waals surface area contributed by atoms with Crippen molar-refractivity contribution in [3.63, 3.8) is 0 Å². The van der Waals surface area contributed by atoms with Gasteiger partial charge in [-0.05, 0) is 55.8 Å². The van der Waals surface area contributed by atoms with Crippen molar-refractivity contribution >= 4 is 11.6 Å². The first-order chi connectivity index (χ1) is 19.3. The molecule has 40 heavy (non-hydrogen) atoms. The molecule has 0 unspecified atom stereocenters. The highest BCUT2D eigenvalue weighted by Gasteiger charge is 2.38. The summed E-state index contributed by atoms with van der Waals surface area (Å²) in [6, 6.07) is 21.4. The van der Waals surface area contributed by atoms with Gasteiger partial charge in [0, 0.05) is 37.9 Å². The molecule has 2 aromatic carbocycles. The minimum Gasteiger partial charge on any atom is -0.457 e. The van der Waals surface area contributed by atoms with Crippen LogP contribution in [-0.4, -0.2) is 47.5 Å². The van der Waals surface area contributed by atoms with Gasteiger partial charge in [0.15, 0.2) is 0 Å². The van der Waals surface area contributed by atoms with Crippen LogP contribution in [0.4, 0.5) is 5.82 Å². The van der Waals surface area contributed by atoms with Crippen LogP contribution in [0.15, 0.2) is 85.2 Å². The minimum atomic E-state index is -0.118. The lowest BCUT2D eigenvalue weighted by Gasteiger charge is -2.36. The van der Waals surface area contributed by atoms with Gasteiger partial charge < -0.3 is 19.5 Å². The molecule has 0 saturated carbocycles. The third-order valence-corrected chi connectivity index (χ3v) is 6.81. The van der Waals surface area contributed by atoms with Gasteiger partial charge in [-0.25, -0.2) is 9.67 Å². The number of hydrogen-bond acceptors (Lipinski definition) is 7. The smallest absolute Gasteiger partial charge is 0.143 e. The molecule has 0 aliphatic carbocycles. The van der Waals surface area contributed by atoms with Crippen LogP contribution in [0.5, 0.6) is 11.5 Å². The predicted molar refractivity (Wildman–Crippen MR) is 154 cm³/mol. The van der Waals surface area contributed by atoms with E-state index in [1.54, 1.807) is 25.4 Å². The molecule has 8 nitrogen and oxygen atoms in total. The van der Waals surface area contributed by atoms with Gasteiger partial charge in [0.05, 0.1) is 42.3 Å². The highest BCUT2D eigenvalue weighted by atomic mass is 16.5. The first-order valence-electron chi connectivity index (χ1n) is 13.2. The highest BCUT2D eigenvalue weighted by molar-refractivity contribution is 5.83. The molecule has 1 N–H and O–H groups in total. The first kappa shape index (κ1) is 27.3. The molecule has 3 heterocycles. The maximum absolute atomic E-state index is 13.2. The number of nitrogens with zero attached hydrogens (tertiary/aromatic N) is 3. The van der Waals surface area contributed by atoms with E-state index in [0.717, 1.165) is 22.6 Å². The fourth-order valence-corrected chi connectivity index (χ4v) is 4.54. The molecule has 5 rings (SSSR count). The van der Waals surface area contributed by atoms with Crippen LogP contribution < -0.4 is 10.1 Å². The van der Waals surface area contributed by atoms with Gasteiger partial charge in [-0.2, -0.15) is 5.10 Å². The third-order valence-electron chi connectivity index (χ3n) is 6.81. The van der Waals surface area contributed by atoms with E-state index in [-0.39, 0.29) is 17.6 Å². The molecular formula is C32H34N4O4. The number of benzene rings is 2. The number of rotatable bonds is 12. The van der Waals surface area contributed by atoms with E-state index in [1.807, 2.05) is 41.1 Å². The van der Waals surface area contributed by atoms with E-state index in [9.17, 15) is 4.79 Å². The van der Waals surface area contributed by atoms with E-state index in [2.05, 4.69) is 48.9 Å². The minimum absolute atomic E-state index is 0.115. The van der Waals surface area contributed by atoms with Crippen LogP contribution in [0.25, 0.3) is 5.69 Å². The van der Waals surface area contributed by atoms with Crippen molar-refractivity contribution in [3.8, 4) is 17.2 Å². The molecule has 206 valence electrons. The van der Waals surface area contributed by atoms with Gasteiger partial charge in [0.2, 0.25) is 0 Å². The zero-order valence-corrected chi connectivity index (χ0v) is 23.1. The Kier molecular flexibility index (Phi) is 8.09. The molecular weight excluding hydrogens is 504 g/mol. The number of anilines is 1. The maximum atomic E-state index is 13.2. The number of Topliss-reactive ketones (excluding diaryl/α,β-unsaturated/α-hetero) is 1. The van der Waals surface area contributed by atoms with Crippen molar-refractivity contribution in [2.24, 2.45) is 0 Å². The fraction of sp³-hybridized carbons (Fsp3) is 0.281. The molecule has 2 aromatic heterocycles. The van der Waals surface area contributed by atoms with Crippen molar-refractivity contribution < 1.29 is 19.0 Å². The van der Waals surface area contributed by atoms with Crippen LogP contribution in [-0.2, 0) is 32.5 Å². The summed E-state index contributed by atoms with van der Waals surface area (Å²) >= 11 is 0. The molecule has 8 heteroatoms. The molecule has 0 radical (unpaired) electrons. The molecule has 4 aromatic rings. The molecule has 0 atom stereocenters. The Morgan fingerprint density at radius 1 is 1.05 bits per heavy atom. The second-order valence-corrected chi connectivity index (χ2v) is 10.5. The summed E-state index contributed by atoms with van der Waals surface area (Å²) < 4.78 is 18.4. The van der Waals surface area contributed by atoms with Crippen LogP contribution in [0.3, 0.4) is 0 Å². The largest absolute Gasteiger partial charge is 0.457 e. The van der Waals surface area contributed by atoms with Gasteiger partial charge in [0.25, 0.3) is 0 Å². The maximum Gasteiger partial charge on any atom is 0.143 e. The van der Waals surface area contributed by atoms with Crippen molar-refractivity contribution in [1.82, 2.24) is 14.8 Å². The zero-order chi connectivity index (χ0) is 28.1. The van der Waals surface area contributed by atoms with Crippen molar-refractivity contribution in [1.29, 1.82) is 0 Å². The second-order valence-electron chi connectivity index (χ2n) is 10.5. The third kappa shape index (κ3) is 6.47. The van der Waals surface area contributed by atoms with Crippen molar-refractivity contribution in [2.45, 2.75) is 32.1 Å². The van der Waals surface area contributed by atoms with E-state index in [0.29, 0.717) is 49.3 Å². The number of aryl methyl sites for hydroxylation is 1. The van der Waals surface area contributed by atoms with Gasteiger partial charge in [0.1, 0.15) is 23.1 Å². The lowest BCUT2D eigenvalue weighted by atomic mass is 9.85. The van der Waals surface area contributed by atoms with Crippen LogP contribution >= 0.6 is 0 Å². The number of carbonyl (C=O) groups excluding carboxylic acids is 1. The molecule has 1 fully saturated rings. The lowest BCUT2D eigenvalue weighted by Crippen LogP contribution is -2.44. The Labute approximate surface area is 234 Å².